The highest BCUT2D eigenvalue weighted by Gasteiger charge is 2.42. The van der Waals surface area contributed by atoms with Gasteiger partial charge in [0.15, 0.2) is 9.84 Å². The number of nitrogens with zero attached hydrogens (tertiary/aromatic N) is 2. The summed E-state index contributed by atoms with van der Waals surface area (Å²) in [5.74, 6) is 1.23. The molecule has 1 unspecified atom stereocenters. The molecule has 1 aromatic rings. The van der Waals surface area contributed by atoms with Crippen LogP contribution in [-0.2, 0) is 21.1 Å². The predicted octanol–water partition coefficient (Wildman–Crippen LogP) is 2.12. The Balaban J connectivity index is 1.28. The second-order valence-electron chi connectivity index (χ2n) is 8.50. The molecule has 3 aliphatic rings. The molecule has 0 bridgehead atoms. The van der Waals surface area contributed by atoms with Gasteiger partial charge in [-0.3, -0.25) is 9.69 Å². The van der Waals surface area contributed by atoms with Crippen molar-refractivity contribution < 1.29 is 13.2 Å². The first-order chi connectivity index (χ1) is 13.0. The molecule has 148 valence electrons. The minimum Gasteiger partial charge on any atom is -0.335 e. The maximum absolute atomic E-state index is 13.0. The molecule has 0 N–H and O–H groups in total. The van der Waals surface area contributed by atoms with Gasteiger partial charge < -0.3 is 4.90 Å². The molecule has 1 amide bonds. The van der Waals surface area contributed by atoms with E-state index >= 15 is 0 Å². The standard InChI is InChI=1S/C21H30N2O3S/c24-21(23(19-6-7-19)20-10-13-27(25,26)16-20)15-22-11-8-18(9-12-22)14-17-4-2-1-3-5-17/h1-5,18-20H,6-16H2. The fraction of sp³-hybridized carbons (Fsp3) is 0.667. The van der Waals surface area contributed by atoms with Crippen LogP contribution in [0.2, 0.25) is 0 Å². The zero-order chi connectivity index (χ0) is 18.9. The Kier molecular flexibility index (Phi) is 5.55. The van der Waals surface area contributed by atoms with E-state index in [1.54, 1.807) is 0 Å². The molecule has 0 aromatic heterocycles. The summed E-state index contributed by atoms with van der Waals surface area (Å²) >= 11 is 0. The van der Waals surface area contributed by atoms with Crippen LogP contribution in [-0.4, -0.2) is 67.3 Å². The number of likely N-dealkylation sites (tertiary alicyclic amines) is 1. The Bertz CT molecular complexity index is 753. The van der Waals surface area contributed by atoms with Crippen LogP contribution in [0.5, 0.6) is 0 Å². The highest BCUT2D eigenvalue weighted by atomic mass is 32.2. The molecule has 2 heterocycles. The van der Waals surface area contributed by atoms with Crippen LogP contribution >= 0.6 is 0 Å². The Hall–Kier alpha value is -1.40. The van der Waals surface area contributed by atoms with Gasteiger partial charge in [-0.1, -0.05) is 30.3 Å². The molecule has 0 radical (unpaired) electrons. The Morgan fingerprint density at radius 1 is 1.00 bits per heavy atom. The van der Waals surface area contributed by atoms with Crippen molar-refractivity contribution in [2.45, 2.75) is 50.6 Å². The lowest BCUT2D eigenvalue weighted by Crippen LogP contribution is -2.48. The molecule has 1 aromatic carbocycles. The number of sulfone groups is 1. The molecule has 0 spiro atoms. The monoisotopic (exact) mass is 390 g/mol. The first-order valence-electron chi connectivity index (χ1n) is 10.3. The highest BCUT2D eigenvalue weighted by molar-refractivity contribution is 7.91. The number of carbonyl (C=O) groups is 1. The molecule has 1 atom stereocenters. The summed E-state index contributed by atoms with van der Waals surface area (Å²) in [5.41, 5.74) is 1.40. The van der Waals surface area contributed by atoms with E-state index in [0.717, 1.165) is 45.2 Å². The van der Waals surface area contributed by atoms with Gasteiger partial charge in [0.1, 0.15) is 0 Å². The fourth-order valence-electron chi connectivity index (χ4n) is 4.62. The smallest absolute Gasteiger partial charge is 0.237 e. The SMILES string of the molecule is O=C(CN1CCC(Cc2ccccc2)CC1)N(C1CC1)C1CCS(=O)(=O)C1. The van der Waals surface area contributed by atoms with Gasteiger partial charge >= 0.3 is 0 Å². The Morgan fingerprint density at radius 3 is 2.30 bits per heavy atom. The molecule has 5 nitrogen and oxygen atoms in total. The minimum absolute atomic E-state index is 0.0920. The average Bonchev–Trinajstić information content (AvgIpc) is 3.41. The van der Waals surface area contributed by atoms with Crippen molar-refractivity contribution >= 4 is 15.7 Å². The fourth-order valence-corrected chi connectivity index (χ4v) is 6.33. The quantitative estimate of drug-likeness (QED) is 0.747. The van der Waals surface area contributed by atoms with E-state index in [-0.39, 0.29) is 29.5 Å². The van der Waals surface area contributed by atoms with Crippen LogP contribution in [0, 0.1) is 5.92 Å². The average molecular weight is 391 g/mol. The van der Waals surface area contributed by atoms with Gasteiger partial charge in [-0.15, -0.1) is 0 Å². The number of amides is 1. The summed E-state index contributed by atoms with van der Waals surface area (Å²) in [5, 5.41) is 0. The van der Waals surface area contributed by atoms with E-state index in [0.29, 0.717) is 18.9 Å². The van der Waals surface area contributed by atoms with E-state index in [9.17, 15) is 13.2 Å². The van der Waals surface area contributed by atoms with E-state index in [1.165, 1.54) is 5.56 Å². The van der Waals surface area contributed by atoms with Crippen LogP contribution in [0.25, 0.3) is 0 Å². The summed E-state index contributed by atoms with van der Waals surface area (Å²) in [6.07, 6.45) is 6.05. The lowest BCUT2D eigenvalue weighted by atomic mass is 9.90. The van der Waals surface area contributed by atoms with Gasteiger partial charge in [0, 0.05) is 12.1 Å². The van der Waals surface area contributed by atoms with Gasteiger partial charge in [0.05, 0.1) is 18.1 Å². The van der Waals surface area contributed by atoms with Crippen molar-refractivity contribution in [3.05, 3.63) is 35.9 Å². The highest BCUT2D eigenvalue weighted by Crippen LogP contribution is 2.32. The number of hydrogen-bond acceptors (Lipinski definition) is 4. The summed E-state index contributed by atoms with van der Waals surface area (Å²) in [6, 6.07) is 10.8. The summed E-state index contributed by atoms with van der Waals surface area (Å²) in [7, 11) is -2.96. The summed E-state index contributed by atoms with van der Waals surface area (Å²) in [4.78, 5) is 17.2. The zero-order valence-electron chi connectivity index (χ0n) is 15.9. The van der Waals surface area contributed by atoms with Gasteiger partial charge in [-0.25, -0.2) is 8.42 Å². The lowest BCUT2D eigenvalue weighted by Gasteiger charge is -2.35. The van der Waals surface area contributed by atoms with Crippen LogP contribution in [0.3, 0.4) is 0 Å². The lowest BCUT2D eigenvalue weighted by molar-refractivity contribution is -0.135. The summed E-state index contributed by atoms with van der Waals surface area (Å²) < 4.78 is 23.7. The molecular weight excluding hydrogens is 360 g/mol. The molecule has 2 saturated heterocycles. The molecular formula is C21H30N2O3S. The number of benzene rings is 1. The third kappa shape index (κ3) is 4.91. The van der Waals surface area contributed by atoms with Crippen LogP contribution in [0.15, 0.2) is 30.3 Å². The van der Waals surface area contributed by atoms with Crippen LogP contribution in [0.4, 0.5) is 0 Å². The van der Waals surface area contributed by atoms with Gasteiger partial charge in [0.25, 0.3) is 0 Å². The van der Waals surface area contributed by atoms with Gasteiger partial charge in [-0.05, 0) is 63.1 Å². The second kappa shape index (κ2) is 7.92. The van der Waals surface area contributed by atoms with Gasteiger partial charge in [-0.2, -0.15) is 0 Å². The van der Waals surface area contributed by atoms with E-state index in [4.69, 9.17) is 0 Å². The molecule has 1 aliphatic carbocycles. The number of carbonyl (C=O) groups excluding carboxylic acids is 1. The maximum Gasteiger partial charge on any atom is 0.237 e. The molecule has 6 heteroatoms. The predicted molar refractivity (Wildman–Crippen MR) is 106 cm³/mol. The number of piperidine rings is 1. The van der Waals surface area contributed by atoms with Gasteiger partial charge in [0.2, 0.25) is 5.91 Å². The molecule has 2 aliphatic heterocycles. The van der Waals surface area contributed by atoms with E-state index < -0.39 is 9.84 Å². The molecule has 1 saturated carbocycles. The third-order valence-electron chi connectivity index (χ3n) is 6.26. The first kappa shape index (κ1) is 18.9. The summed E-state index contributed by atoms with van der Waals surface area (Å²) in [6.45, 7) is 2.38. The number of rotatable bonds is 6. The number of hydrogen-bond donors (Lipinski definition) is 0. The maximum atomic E-state index is 13.0. The molecule has 27 heavy (non-hydrogen) atoms. The third-order valence-corrected chi connectivity index (χ3v) is 8.01. The van der Waals surface area contributed by atoms with E-state index in [2.05, 4.69) is 35.2 Å². The van der Waals surface area contributed by atoms with Crippen molar-refractivity contribution in [3.8, 4) is 0 Å². The molecule has 4 rings (SSSR count). The van der Waals surface area contributed by atoms with Crippen molar-refractivity contribution in [2.24, 2.45) is 5.92 Å². The first-order valence-corrected chi connectivity index (χ1v) is 12.1. The van der Waals surface area contributed by atoms with Crippen molar-refractivity contribution in [2.75, 3.05) is 31.1 Å². The minimum atomic E-state index is -2.96. The van der Waals surface area contributed by atoms with E-state index in [1.807, 2.05) is 4.90 Å². The topological polar surface area (TPSA) is 57.7 Å². The largest absolute Gasteiger partial charge is 0.335 e. The van der Waals surface area contributed by atoms with Crippen molar-refractivity contribution in [3.63, 3.8) is 0 Å². The Morgan fingerprint density at radius 2 is 1.70 bits per heavy atom. The molecule has 3 fully saturated rings. The van der Waals surface area contributed by atoms with Crippen LogP contribution in [0.1, 0.15) is 37.7 Å². The van der Waals surface area contributed by atoms with Crippen molar-refractivity contribution in [1.82, 2.24) is 9.80 Å². The normalized spacial score (nSPS) is 26.1. The van der Waals surface area contributed by atoms with Crippen molar-refractivity contribution in [1.29, 1.82) is 0 Å². The van der Waals surface area contributed by atoms with Crippen LogP contribution < -0.4 is 0 Å². The second-order valence-corrected chi connectivity index (χ2v) is 10.7. The zero-order valence-corrected chi connectivity index (χ0v) is 16.7. The Labute approximate surface area is 162 Å².